The van der Waals surface area contributed by atoms with E-state index in [4.69, 9.17) is 16.3 Å². The van der Waals surface area contributed by atoms with Crippen LogP contribution in [0.2, 0.25) is 5.15 Å². The van der Waals surface area contributed by atoms with Gasteiger partial charge in [-0.05, 0) is 19.4 Å². The van der Waals surface area contributed by atoms with Gasteiger partial charge in [0, 0.05) is 25.8 Å². The van der Waals surface area contributed by atoms with Crippen molar-refractivity contribution < 1.29 is 9.66 Å². The van der Waals surface area contributed by atoms with Gasteiger partial charge in [-0.25, -0.2) is 4.98 Å². The predicted molar refractivity (Wildman–Crippen MR) is 74.9 cm³/mol. The first-order valence-corrected chi connectivity index (χ1v) is 6.45. The van der Waals surface area contributed by atoms with Crippen molar-refractivity contribution in [1.29, 1.82) is 0 Å². The maximum atomic E-state index is 11.1. The number of rotatable bonds is 7. The van der Waals surface area contributed by atoms with Crippen LogP contribution in [0, 0.1) is 10.1 Å². The van der Waals surface area contributed by atoms with E-state index in [0.717, 1.165) is 6.42 Å². The molecule has 0 aromatic carbocycles. The van der Waals surface area contributed by atoms with Crippen LogP contribution in [0.1, 0.15) is 20.3 Å². The molecule has 0 fully saturated rings. The Morgan fingerprint density at radius 3 is 2.79 bits per heavy atom. The smallest absolute Gasteiger partial charge is 0.311 e. The van der Waals surface area contributed by atoms with Gasteiger partial charge in [-0.3, -0.25) is 10.1 Å². The molecule has 0 saturated heterocycles. The van der Waals surface area contributed by atoms with Crippen LogP contribution in [0.25, 0.3) is 0 Å². The summed E-state index contributed by atoms with van der Waals surface area (Å²) >= 11 is 5.86. The van der Waals surface area contributed by atoms with Crippen LogP contribution in [0.5, 0.6) is 0 Å². The standard InChI is InChI=1S/C12H18ClN3O3/c1-4-9(2)15(7-8-19-3)12-10(16(17)18)5-6-11(13)14-12/h5-6,9H,4,7-8H2,1-3H3. The molecule has 0 radical (unpaired) electrons. The molecule has 0 aliphatic carbocycles. The van der Waals surface area contributed by atoms with Crippen LogP contribution >= 0.6 is 11.6 Å². The lowest BCUT2D eigenvalue weighted by Gasteiger charge is -2.29. The molecule has 1 heterocycles. The number of methoxy groups -OCH3 is 1. The molecule has 0 saturated carbocycles. The van der Waals surface area contributed by atoms with E-state index in [0.29, 0.717) is 19.0 Å². The lowest BCUT2D eigenvalue weighted by Crippen LogP contribution is -2.36. The predicted octanol–water partition coefficient (Wildman–Crippen LogP) is 2.89. The summed E-state index contributed by atoms with van der Waals surface area (Å²) in [6, 6.07) is 2.92. The highest BCUT2D eigenvalue weighted by atomic mass is 35.5. The Hall–Kier alpha value is -1.40. The average molecular weight is 288 g/mol. The normalized spacial score (nSPS) is 12.2. The van der Waals surface area contributed by atoms with Gasteiger partial charge in [0.1, 0.15) is 5.15 Å². The number of hydrogen-bond donors (Lipinski definition) is 0. The van der Waals surface area contributed by atoms with Gasteiger partial charge in [-0.15, -0.1) is 0 Å². The zero-order valence-electron chi connectivity index (χ0n) is 11.3. The zero-order valence-corrected chi connectivity index (χ0v) is 12.1. The summed E-state index contributed by atoms with van der Waals surface area (Å²) < 4.78 is 5.05. The molecule has 1 unspecified atom stereocenters. The second-order valence-electron chi connectivity index (χ2n) is 4.18. The van der Waals surface area contributed by atoms with Gasteiger partial charge in [0.05, 0.1) is 11.5 Å². The third-order valence-corrected chi connectivity index (χ3v) is 3.16. The van der Waals surface area contributed by atoms with Gasteiger partial charge in [0.25, 0.3) is 0 Å². The summed E-state index contributed by atoms with van der Waals surface area (Å²) in [5.41, 5.74) is -0.0409. The van der Waals surface area contributed by atoms with E-state index in [1.165, 1.54) is 12.1 Å². The van der Waals surface area contributed by atoms with Gasteiger partial charge in [-0.2, -0.15) is 0 Å². The Morgan fingerprint density at radius 2 is 2.26 bits per heavy atom. The van der Waals surface area contributed by atoms with Crippen molar-refractivity contribution >= 4 is 23.1 Å². The van der Waals surface area contributed by atoms with Gasteiger partial charge in [0.2, 0.25) is 5.82 Å². The van der Waals surface area contributed by atoms with Crippen molar-refractivity contribution in [2.45, 2.75) is 26.3 Å². The first kappa shape index (κ1) is 15.7. The van der Waals surface area contributed by atoms with E-state index in [2.05, 4.69) is 4.98 Å². The third kappa shape index (κ3) is 4.04. The molecular formula is C12H18ClN3O3. The summed E-state index contributed by atoms with van der Waals surface area (Å²) in [5.74, 6) is 0.295. The van der Waals surface area contributed by atoms with Crippen molar-refractivity contribution in [3.05, 3.63) is 27.4 Å². The Bertz CT molecular complexity index is 442. The number of nitrogens with zero attached hydrogens (tertiary/aromatic N) is 3. The minimum atomic E-state index is -0.444. The summed E-state index contributed by atoms with van der Waals surface area (Å²) in [5, 5.41) is 11.3. The molecule has 0 aliphatic heterocycles. The van der Waals surface area contributed by atoms with E-state index in [1.54, 1.807) is 7.11 Å². The Morgan fingerprint density at radius 1 is 1.58 bits per heavy atom. The van der Waals surface area contributed by atoms with Crippen LogP contribution in [0.4, 0.5) is 11.5 Å². The van der Waals surface area contributed by atoms with E-state index < -0.39 is 4.92 Å². The first-order chi connectivity index (χ1) is 9.01. The van der Waals surface area contributed by atoms with E-state index in [1.807, 2.05) is 18.7 Å². The zero-order chi connectivity index (χ0) is 14.4. The Kier molecular flexibility index (Phi) is 5.98. The number of halogens is 1. The number of pyridine rings is 1. The number of anilines is 1. The third-order valence-electron chi connectivity index (χ3n) is 2.95. The fraction of sp³-hybridized carbons (Fsp3) is 0.583. The lowest BCUT2D eigenvalue weighted by molar-refractivity contribution is -0.384. The summed E-state index contributed by atoms with van der Waals surface area (Å²) in [6.45, 7) is 5.00. The van der Waals surface area contributed by atoms with Gasteiger partial charge >= 0.3 is 5.69 Å². The van der Waals surface area contributed by atoms with Crippen LogP contribution in [0.15, 0.2) is 12.1 Å². The molecule has 1 rings (SSSR count). The number of ether oxygens (including phenoxy) is 1. The van der Waals surface area contributed by atoms with Gasteiger partial charge in [0.15, 0.2) is 0 Å². The SMILES string of the molecule is CCC(C)N(CCOC)c1nc(Cl)ccc1[N+](=O)[O-]. The number of aromatic nitrogens is 1. The summed E-state index contributed by atoms with van der Waals surface area (Å²) in [6.07, 6.45) is 0.842. The van der Waals surface area contributed by atoms with E-state index in [-0.39, 0.29) is 16.9 Å². The topological polar surface area (TPSA) is 68.5 Å². The highest BCUT2D eigenvalue weighted by Crippen LogP contribution is 2.29. The maximum Gasteiger partial charge on any atom is 0.311 e. The van der Waals surface area contributed by atoms with E-state index in [9.17, 15) is 10.1 Å². The number of nitro groups is 1. The molecular weight excluding hydrogens is 270 g/mol. The minimum absolute atomic E-state index is 0.0409. The van der Waals surface area contributed by atoms with Crippen molar-refractivity contribution in [2.24, 2.45) is 0 Å². The quantitative estimate of drug-likeness (QED) is 0.438. The fourth-order valence-electron chi connectivity index (χ4n) is 1.72. The summed E-state index contributed by atoms with van der Waals surface area (Å²) in [4.78, 5) is 16.6. The molecule has 6 nitrogen and oxygen atoms in total. The minimum Gasteiger partial charge on any atom is -0.383 e. The molecule has 1 aromatic heterocycles. The second kappa shape index (κ2) is 7.25. The number of hydrogen-bond acceptors (Lipinski definition) is 5. The van der Waals surface area contributed by atoms with Gasteiger partial charge < -0.3 is 9.64 Å². The van der Waals surface area contributed by atoms with Crippen molar-refractivity contribution in [2.75, 3.05) is 25.2 Å². The largest absolute Gasteiger partial charge is 0.383 e. The monoisotopic (exact) mass is 287 g/mol. The molecule has 0 spiro atoms. The van der Waals surface area contributed by atoms with Crippen molar-refractivity contribution in [1.82, 2.24) is 4.98 Å². The second-order valence-corrected chi connectivity index (χ2v) is 4.56. The molecule has 7 heteroatoms. The van der Waals surface area contributed by atoms with Crippen LogP contribution in [-0.2, 0) is 4.74 Å². The van der Waals surface area contributed by atoms with E-state index >= 15 is 0 Å². The average Bonchev–Trinajstić information content (AvgIpc) is 2.38. The molecule has 1 atom stereocenters. The van der Waals surface area contributed by atoms with Crippen LogP contribution < -0.4 is 4.90 Å². The molecule has 0 N–H and O–H groups in total. The molecule has 106 valence electrons. The van der Waals surface area contributed by atoms with Crippen LogP contribution in [0.3, 0.4) is 0 Å². The Balaban J connectivity index is 3.19. The Labute approximate surface area is 117 Å². The molecule has 0 bridgehead atoms. The highest BCUT2D eigenvalue weighted by Gasteiger charge is 2.24. The fourth-order valence-corrected chi connectivity index (χ4v) is 1.86. The first-order valence-electron chi connectivity index (χ1n) is 6.07. The van der Waals surface area contributed by atoms with Crippen LogP contribution in [-0.4, -0.2) is 36.2 Å². The summed E-state index contributed by atoms with van der Waals surface area (Å²) in [7, 11) is 1.59. The molecule has 0 amide bonds. The lowest BCUT2D eigenvalue weighted by atomic mass is 10.2. The maximum absolute atomic E-state index is 11.1. The van der Waals surface area contributed by atoms with Crippen molar-refractivity contribution in [3.63, 3.8) is 0 Å². The molecule has 0 aliphatic rings. The van der Waals surface area contributed by atoms with Crippen molar-refractivity contribution in [3.8, 4) is 0 Å². The van der Waals surface area contributed by atoms with Gasteiger partial charge in [-0.1, -0.05) is 18.5 Å². The highest BCUT2D eigenvalue weighted by molar-refractivity contribution is 6.29. The molecule has 19 heavy (non-hydrogen) atoms. The molecule has 1 aromatic rings.